The molecule has 332 valence electrons. The first-order chi connectivity index (χ1) is 30.0. The van der Waals surface area contributed by atoms with Crippen molar-refractivity contribution in [3.63, 3.8) is 0 Å². The first-order valence-electron chi connectivity index (χ1n) is 18.3. The second-order valence-corrected chi connectivity index (χ2v) is 12.4. The van der Waals surface area contributed by atoms with E-state index in [1.54, 1.807) is 36.4 Å². The molecule has 0 spiro atoms. The monoisotopic (exact) mass is 864 g/mol. The van der Waals surface area contributed by atoms with Crippen LogP contribution in [-0.2, 0) is 0 Å². The normalized spacial score (nSPS) is 10.5. The molecule has 6 rings (SSSR count). The van der Waals surface area contributed by atoms with Gasteiger partial charge in [-0.05, 0) is 36.4 Å². The van der Waals surface area contributed by atoms with Crippen molar-refractivity contribution in [3.05, 3.63) is 56.8 Å². The Bertz CT molecular complexity index is 2510. The summed E-state index contributed by atoms with van der Waals surface area (Å²) in [6.45, 7) is 0. The van der Waals surface area contributed by atoms with E-state index in [0.717, 1.165) is 0 Å². The first-order valence-corrected chi connectivity index (χ1v) is 18.3. The highest BCUT2D eigenvalue weighted by molar-refractivity contribution is 5.98. The second-order valence-electron chi connectivity index (χ2n) is 12.4. The SMILES string of the molecule is COc1ccc(-c2oc3c(OC)c(OC)c(OC)c(OC)c3c(=O)c2OC)cc1OC.COc1ccc(-c2oc3c(OC)c(OC)c(OC)c(OC)c3c(=O)c2OC)cc1OC. The lowest BCUT2D eigenvalue weighted by atomic mass is 10.1. The maximum atomic E-state index is 13.5. The Hall–Kier alpha value is -7.50. The van der Waals surface area contributed by atoms with Gasteiger partial charge in [0.25, 0.3) is 0 Å². The molecule has 18 heteroatoms. The van der Waals surface area contributed by atoms with E-state index in [9.17, 15) is 9.59 Å². The van der Waals surface area contributed by atoms with Gasteiger partial charge in [0, 0.05) is 11.1 Å². The fourth-order valence-corrected chi connectivity index (χ4v) is 6.82. The van der Waals surface area contributed by atoms with E-state index in [0.29, 0.717) is 34.1 Å². The van der Waals surface area contributed by atoms with Crippen molar-refractivity contribution in [2.24, 2.45) is 0 Å². The molecule has 62 heavy (non-hydrogen) atoms. The van der Waals surface area contributed by atoms with Crippen LogP contribution < -0.4 is 77.2 Å². The van der Waals surface area contributed by atoms with Crippen molar-refractivity contribution in [3.8, 4) is 103 Å². The average Bonchev–Trinajstić information content (AvgIpc) is 3.31. The fourth-order valence-electron chi connectivity index (χ4n) is 6.82. The van der Waals surface area contributed by atoms with E-state index >= 15 is 0 Å². The van der Waals surface area contributed by atoms with E-state index in [1.807, 2.05) is 0 Å². The minimum atomic E-state index is -0.468. The van der Waals surface area contributed by atoms with Gasteiger partial charge >= 0.3 is 0 Å². The van der Waals surface area contributed by atoms with Gasteiger partial charge in [0.05, 0.1) is 99.5 Å². The van der Waals surface area contributed by atoms with Crippen LogP contribution in [0.5, 0.6) is 80.5 Å². The third-order valence-electron chi connectivity index (χ3n) is 9.58. The van der Waals surface area contributed by atoms with E-state index in [4.69, 9.17) is 75.2 Å². The first kappa shape index (κ1) is 45.6. The minimum Gasteiger partial charge on any atom is -0.493 e. The summed E-state index contributed by atoms with van der Waals surface area (Å²) in [7, 11) is 20.3. The molecule has 0 aliphatic carbocycles. The summed E-state index contributed by atoms with van der Waals surface area (Å²) in [4.78, 5) is 26.9. The number of ether oxygens (including phenoxy) is 14. The largest absolute Gasteiger partial charge is 0.493 e. The molecule has 0 bridgehead atoms. The number of hydrogen-bond donors (Lipinski definition) is 0. The molecule has 0 fully saturated rings. The lowest BCUT2D eigenvalue weighted by Crippen LogP contribution is -2.11. The van der Waals surface area contributed by atoms with Crippen molar-refractivity contribution >= 4 is 21.9 Å². The van der Waals surface area contributed by atoms with Gasteiger partial charge in [-0.15, -0.1) is 0 Å². The fraction of sp³-hybridized carbons (Fsp3) is 0.318. The maximum absolute atomic E-state index is 13.5. The van der Waals surface area contributed by atoms with Gasteiger partial charge in [0.2, 0.25) is 56.9 Å². The highest BCUT2D eigenvalue weighted by Gasteiger charge is 2.32. The Morgan fingerprint density at radius 3 is 0.839 bits per heavy atom. The lowest BCUT2D eigenvalue weighted by Gasteiger charge is -2.19. The predicted octanol–water partition coefficient (Wildman–Crippen LogP) is 7.04. The standard InChI is InChI=1S/2C22H24O9/c2*1-24-12-9-8-11(10-13(12)25-2)16-19(27-4)15(23)14-17(26-3)20(28-5)22(30-7)21(29-6)18(14)31-16/h2*8-10H,1-7H3. The molecule has 4 aromatic carbocycles. The molecule has 0 N–H and O–H groups in total. The second kappa shape index (κ2) is 19.7. The van der Waals surface area contributed by atoms with Crippen molar-refractivity contribution in [2.45, 2.75) is 0 Å². The Kier molecular flexibility index (Phi) is 14.5. The van der Waals surface area contributed by atoms with Crippen molar-refractivity contribution in [2.75, 3.05) is 99.5 Å². The highest BCUT2D eigenvalue weighted by Crippen LogP contribution is 2.53. The third kappa shape index (κ3) is 7.70. The van der Waals surface area contributed by atoms with Crippen LogP contribution in [0.15, 0.2) is 54.8 Å². The summed E-state index contributed by atoms with van der Waals surface area (Å²) in [5.41, 5.74) is 0.364. The maximum Gasteiger partial charge on any atom is 0.239 e. The third-order valence-corrected chi connectivity index (χ3v) is 9.58. The van der Waals surface area contributed by atoms with Crippen LogP contribution in [-0.4, -0.2) is 99.5 Å². The predicted molar refractivity (Wildman–Crippen MR) is 228 cm³/mol. The molecule has 0 radical (unpaired) electrons. The van der Waals surface area contributed by atoms with Crippen molar-refractivity contribution in [1.29, 1.82) is 0 Å². The summed E-state index contributed by atoms with van der Waals surface area (Å²) in [5, 5.41) is 0.191. The molecular formula is C44H48O18. The van der Waals surface area contributed by atoms with Crippen LogP contribution in [0.3, 0.4) is 0 Å². The molecule has 2 aromatic heterocycles. The van der Waals surface area contributed by atoms with Gasteiger partial charge in [0.1, 0.15) is 10.8 Å². The number of hydrogen-bond acceptors (Lipinski definition) is 18. The molecule has 0 aliphatic rings. The Balaban J connectivity index is 0.000000234. The zero-order valence-electron chi connectivity index (χ0n) is 36.8. The molecule has 18 nitrogen and oxygen atoms in total. The Morgan fingerprint density at radius 2 is 0.581 bits per heavy atom. The van der Waals surface area contributed by atoms with Crippen LogP contribution in [0.2, 0.25) is 0 Å². The van der Waals surface area contributed by atoms with E-state index < -0.39 is 10.9 Å². The molecule has 0 amide bonds. The lowest BCUT2D eigenvalue weighted by molar-refractivity contribution is 0.306. The molecular weight excluding hydrogens is 816 g/mol. The average molecular weight is 865 g/mol. The number of rotatable bonds is 16. The summed E-state index contributed by atoms with van der Waals surface area (Å²) >= 11 is 0. The van der Waals surface area contributed by atoms with Gasteiger partial charge in [-0.2, -0.15) is 0 Å². The van der Waals surface area contributed by atoms with Crippen LogP contribution in [0.25, 0.3) is 44.6 Å². The Labute approximate surface area is 356 Å². The van der Waals surface area contributed by atoms with Gasteiger partial charge in [-0.3, -0.25) is 9.59 Å². The quantitative estimate of drug-likeness (QED) is 0.0962. The molecule has 6 aromatic rings. The molecule has 0 aliphatic heterocycles. The summed E-state index contributed by atoms with van der Waals surface area (Å²) in [5.74, 6) is 3.75. The topological polar surface area (TPSA) is 190 Å². The Morgan fingerprint density at radius 1 is 0.306 bits per heavy atom. The van der Waals surface area contributed by atoms with E-state index in [1.165, 1.54) is 99.5 Å². The minimum absolute atomic E-state index is 0.0210. The van der Waals surface area contributed by atoms with Crippen molar-refractivity contribution < 1.29 is 75.2 Å². The molecule has 2 heterocycles. The molecule has 0 saturated heterocycles. The van der Waals surface area contributed by atoms with Gasteiger partial charge in [-0.1, -0.05) is 0 Å². The number of benzene rings is 4. The van der Waals surface area contributed by atoms with E-state index in [-0.39, 0.29) is 91.0 Å². The molecule has 0 unspecified atom stereocenters. The zero-order chi connectivity index (χ0) is 45.4. The van der Waals surface area contributed by atoms with Crippen LogP contribution in [0, 0.1) is 0 Å². The van der Waals surface area contributed by atoms with Gasteiger partial charge in [0.15, 0.2) is 57.2 Å². The summed E-state index contributed by atoms with van der Waals surface area (Å²) < 4.78 is 88.2. The number of fused-ring (bicyclic) bond motifs is 2. The summed E-state index contributed by atoms with van der Waals surface area (Å²) in [6.07, 6.45) is 0. The van der Waals surface area contributed by atoms with E-state index in [2.05, 4.69) is 0 Å². The van der Waals surface area contributed by atoms with Gasteiger partial charge < -0.3 is 75.2 Å². The van der Waals surface area contributed by atoms with Crippen LogP contribution in [0.1, 0.15) is 0 Å². The van der Waals surface area contributed by atoms with Crippen LogP contribution >= 0.6 is 0 Å². The van der Waals surface area contributed by atoms with Crippen molar-refractivity contribution in [1.82, 2.24) is 0 Å². The van der Waals surface area contributed by atoms with Gasteiger partial charge in [-0.25, -0.2) is 0 Å². The summed E-state index contributed by atoms with van der Waals surface area (Å²) in [6, 6.07) is 10.2. The molecule has 0 atom stereocenters. The molecule has 0 saturated carbocycles. The number of methoxy groups -OCH3 is 14. The zero-order valence-corrected chi connectivity index (χ0v) is 36.8. The van der Waals surface area contributed by atoms with Crippen LogP contribution in [0.4, 0.5) is 0 Å². The highest BCUT2D eigenvalue weighted by atomic mass is 16.6. The smallest absolute Gasteiger partial charge is 0.239 e.